The van der Waals surface area contributed by atoms with Crippen LogP contribution < -0.4 is 5.73 Å². The highest BCUT2D eigenvalue weighted by Crippen LogP contribution is 2.25. The van der Waals surface area contributed by atoms with Crippen molar-refractivity contribution < 1.29 is 0 Å². The summed E-state index contributed by atoms with van der Waals surface area (Å²) in [4.78, 5) is 4.35. The van der Waals surface area contributed by atoms with Gasteiger partial charge in [-0.25, -0.2) is 4.98 Å². The smallest absolute Gasteiger partial charge is 0.200 e. The molecule has 84 valence electrons. The zero-order valence-electron chi connectivity index (χ0n) is 10.2. The minimum Gasteiger partial charge on any atom is -0.369 e. The second kappa shape index (κ2) is 3.67. The van der Waals surface area contributed by atoms with E-state index in [1.54, 1.807) is 0 Å². The lowest BCUT2D eigenvalue weighted by Gasteiger charge is -2.07. The number of nitrogen functional groups attached to an aromatic ring is 1. The van der Waals surface area contributed by atoms with E-state index in [1.165, 1.54) is 16.7 Å². The third-order valence-electron chi connectivity index (χ3n) is 3.03. The third kappa shape index (κ3) is 1.69. The number of hydrogen-bond donors (Lipinski definition) is 1. The van der Waals surface area contributed by atoms with E-state index in [0.29, 0.717) is 5.95 Å². The third-order valence-corrected chi connectivity index (χ3v) is 3.03. The van der Waals surface area contributed by atoms with Gasteiger partial charge in [-0.05, 0) is 43.5 Å². The van der Waals surface area contributed by atoms with E-state index in [1.807, 2.05) is 17.8 Å². The Kier molecular flexibility index (Phi) is 2.46. The number of benzene rings is 1. The van der Waals surface area contributed by atoms with Gasteiger partial charge in [-0.3, -0.25) is 0 Å². The molecule has 0 saturated heterocycles. The molecule has 0 amide bonds. The maximum Gasteiger partial charge on any atom is 0.200 e. The highest BCUT2D eigenvalue weighted by molar-refractivity contribution is 5.66. The van der Waals surface area contributed by atoms with Gasteiger partial charge in [0.2, 0.25) is 0 Å². The van der Waals surface area contributed by atoms with Crippen molar-refractivity contribution in [2.24, 2.45) is 7.05 Å². The lowest BCUT2D eigenvalue weighted by atomic mass is 9.99. The second-order valence-electron chi connectivity index (χ2n) is 4.35. The SMILES string of the molecule is Cc1cc(C)c(-c2cn(C)c(N)n2)cc1C. The van der Waals surface area contributed by atoms with Crippen LogP contribution in [0, 0.1) is 20.8 Å². The molecule has 0 radical (unpaired) electrons. The van der Waals surface area contributed by atoms with Gasteiger partial charge in [0.05, 0.1) is 5.69 Å². The maximum atomic E-state index is 5.75. The average Bonchev–Trinajstić information content (AvgIpc) is 2.53. The van der Waals surface area contributed by atoms with Crippen molar-refractivity contribution in [3.63, 3.8) is 0 Å². The predicted molar refractivity (Wildman–Crippen MR) is 67.3 cm³/mol. The molecular weight excluding hydrogens is 198 g/mol. The molecule has 3 nitrogen and oxygen atoms in total. The van der Waals surface area contributed by atoms with Gasteiger partial charge >= 0.3 is 0 Å². The summed E-state index contributed by atoms with van der Waals surface area (Å²) in [5.74, 6) is 0.549. The number of nitrogens with zero attached hydrogens (tertiary/aromatic N) is 2. The lowest BCUT2D eigenvalue weighted by Crippen LogP contribution is -1.94. The van der Waals surface area contributed by atoms with Crippen LogP contribution in [0.15, 0.2) is 18.3 Å². The predicted octanol–water partition coefficient (Wildman–Crippen LogP) is 2.59. The molecule has 1 aromatic heterocycles. The van der Waals surface area contributed by atoms with Crippen LogP contribution in [0.4, 0.5) is 5.95 Å². The lowest BCUT2D eigenvalue weighted by molar-refractivity contribution is 0.930. The summed E-state index contributed by atoms with van der Waals surface area (Å²) < 4.78 is 1.84. The molecule has 0 aliphatic rings. The molecule has 0 aliphatic heterocycles. The first kappa shape index (κ1) is 10.7. The van der Waals surface area contributed by atoms with Crippen molar-refractivity contribution in [2.75, 3.05) is 5.73 Å². The van der Waals surface area contributed by atoms with Crippen molar-refractivity contribution >= 4 is 5.95 Å². The van der Waals surface area contributed by atoms with Gasteiger partial charge in [0.15, 0.2) is 5.95 Å². The molecule has 1 aromatic carbocycles. The van der Waals surface area contributed by atoms with Crippen LogP contribution in [0.25, 0.3) is 11.3 Å². The summed E-state index contributed by atoms with van der Waals surface area (Å²) >= 11 is 0. The molecule has 0 fully saturated rings. The molecule has 2 rings (SSSR count). The normalized spacial score (nSPS) is 10.8. The van der Waals surface area contributed by atoms with Crippen LogP contribution in [0.3, 0.4) is 0 Å². The quantitative estimate of drug-likeness (QED) is 0.794. The van der Waals surface area contributed by atoms with Gasteiger partial charge in [-0.15, -0.1) is 0 Å². The van der Waals surface area contributed by atoms with Gasteiger partial charge < -0.3 is 10.3 Å². The van der Waals surface area contributed by atoms with Crippen molar-refractivity contribution in [1.29, 1.82) is 0 Å². The molecule has 3 heteroatoms. The Balaban J connectivity index is 2.60. The summed E-state index contributed by atoms with van der Waals surface area (Å²) in [6, 6.07) is 4.36. The highest BCUT2D eigenvalue weighted by atomic mass is 15.1. The number of nitrogens with two attached hydrogens (primary N) is 1. The van der Waals surface area contributed by atoms with E-state index < -0.39 is 0 Å². The maximum absolute atomic E-state index is 5.75. The fraction of sp³-hybridized carbons (Fsp3) is 0.308. The summed E-state index contributed by atoms with van der Waals surface area (Å²) in [5.41, 5.74) is 11.7. The number of rotatable bonds is 1. The first-order valence-corrected chi connectivity index (χ1v) is 5.36. The van der Waals surface area contributed by atoms with Crippen molar-refractivity contribution in [3.8, 4) is 11.3 Å². The van der Waals surface area contributed by atoms with Crippen molar-refractivity contribution in [1.82, 2.24) is 9.55 Å². The zero-order chi connectivity index (χ0) is 11.9. The Morgan fingerprint density at radius 1 is 1.06 bits per heavy atom. The zero-order valence-corrected chi connectivity index (χ0v) is 10.2. The molecule has 2 N–H and O–H groups in total. The molecule has 0 spiro atoms. The fourth-order valence-electron chi connectivity index (χ4n) is 1.85. The Bertz CT molecular complexity index is 519. The van der Waals surface area contributed by atoms with E-state index in [2.05, 4.69) is 37.9 Å². The minimum atomic E-state index is 0.549. The van der Waals surface area contributed by atoms with Crippen LogP contribution in [-0.4, -0.2) is 9.55 Å². The Morgan fingerprint density at radius 2 is 1.69 bits per heavy atom. The van der Waals surface area contributed by atoms with Crippen molar-refractivity contribution in [3.05, 3.63) is 35.0 Å². The first-order valence-electron chi connectivity index (χ1n) is 5.36. The molecule has 0 unspecified atom stereocenters. The summed E-state index contributed by atoms with van der Waals surface area (Å²) in [5, 5.41) is 0. The average molecular weight is 215 g/mol. The minimum absolute atomic E-state index is 0.549. The van der Waals surface area contributed by atoms with Crippen molar-refractivity contribution in [2.45, 2.75) is 20.8 Å². The first-order chi connectivity index (χ1) is 7.49. The van der Waals surface area contributed by atoms with Gasteiger partial charge in [0.1, 0.15) is 0 Å². The van der Waals surface area contributed by atoms with Crippen LogP contribution in [0.1, 0.15) is 16.7 Å². The number of anilines is 1. The Labute approximate surface area is 95.9 Å². The largest absolute Gasteiger partial charge is 0.369 e. The summed E-state index contributed by atoms with van der Waals surface area (Å²) in [6.45, 7) is 6.34. The van der Waals surface area contributed by atoms with E-state index in [-0.39, 0.29) is 0 Å². The van der Waals surface area contributed by atoms with Gasteiger partial charge in [0.25, 0.3) is 0 Å². The molecule has 0 bridgehead atoms. The van der Waals surface area contributed by atoms with Gasteiger partial charge in [-0.2, -0.15) is 0 Å². The number of aryl methyl sites for hydroxylation is 4. The van der Waals surface area contributed by atoms with E-state index in [4.69, 9.17) is 5.73 Å². The highest BCUT2D eigenvalue weighted by Gasteiger charge is 2.08. The number of hydrogen-bond acceptors (Lipinski definition) is 2. The molecular formula is C13H17N3. The number of imidazole rings is 1. The Morgan fingerprint density at radius 3 is 2.25 bits per heavy atom. The summed E-state index contributed by atoms with van der Waals surface area (Å²) in [7, 11) is 1.90. The standard InChI is InChI=1S/C13H17N3/c1-8-5-10(3)11(6-9(8)2)12-7-16(4)13(14)15-12/h5-7H,1-4H3,(H2,14,15). The summed E-state index contributed by atoms with van der Waals surface area (Å²) in [6.07, 6.45) is 1.96. The van der Waals surface area contributed by atoms with E-state index in [9.17, 15) is 0 Å². The molecule has 16 heavy (non-hydrogen) atoms. The number of aromatic nitrogens is 2. The monoisotopic (exact) mass is 215 g/mol. The van der Waals surface area contributed by atoms with Crippen LogP contribution in [0.5, 0.6) is 0 Å². The molecule has 2 aromatic rings. The van der Waals surface area contributed by atoms with E-state index >= 15 is 0 Å². The Hall–Kier alpha value is -1.77. The van der Waals surface area contributed by atoms with Gasteiger partial charge in [0, 0.05) is 18.8 Å². The molecule has 0 atom stereocenters. The van der Waals surface area contributed by atoms with Crippen LogP contribution in [0.2, 0.25) is 0 Å². The van der Waals surface area contributed by atoms with Crippen LogP contribution in [-0.2, 0) is 7.05 Å². The van der Waals surface area contributed by atoms with Crippen LogP contribution >= 0.6 is 0 Å². The van der Waals surface area contributed by atoms with Gasteiger partial charge in [-0.1, -0.05) is 6.07 Å². The molecule has 0 saturated carbocycles. The van der Waals surface area contributed by atoms with E-state index in [0.717, 1.165) is 11.3 Å². The fourth-order valence-corrected chi connectivity index (χ4v) is 1.85. The molecule has 0 aliphatic carbocycles. The molecule has 1 heterocycles. The topological polar surface area (TPSA) is 43.8 Å². The second-order valence-corrected chi connectivity index (χ2v) is 4.35.